The van der Waals surface area contributed by atoms with E-state index in [1.807, 2.05) is 19.9 Å². The summed E-state index contributed by atoms with van der Waals surface area (Å²) in [4.78, 5) is 11.3. The highest BCUT2D eigenvalue weighted by Crippen LogP contribution is 2.14. The fourth-order valence-corrected chi connectivity index (χ4v) is 1.99. The minimum absolute atomic E-state index is 0.205. The normalized spacial score (nSPS) is 20.4. The van der Waals surface area contributed by atoms with Gasteiger partial charge in [-0.3, -0.25) is 0 Å². The van der Waals surface area contributed by atoms with Crippen LogP contribution in [0.3, 0.4) is 0 Å². The quantitative estimate of drug-likeness (QED) is 0.777. The molecule has 5 nitrogen and oxygen atoms in total. The monoisotopic (exact) mass is 252 g/mol. The summed E-state index contributed by atoms with van der Waals surface area (Å²) in [5.41, 5.74) is 7.53. The molecule has 0 amide bonds. The van der Waals surface area contributed by atoms with E-state index in [1.54, 1.807) is 0 Å². The van der Waals surface area contributed by atoms with E-state index in [0.29, 0.717) is 18.1 Å². The Labute approximate surface area is 106 Å². The predicted molar refractivity (Wildman–Crippen MR) is 70.2 cm³/mol. The van der Waals surface area contributed by atoms with Crippen molar-refractivity contribution in [1.82, 2.24) is 9.97 Å². The highest BCUT2D eigenvalue weighted by Gasteiger charge is 2.24. The zero-order chi connectivity index (χ0) is 12.4. The van der Waals surface area contributed by atoms with E-state index >= 15 is 0 Å². The van der Waals surface area contributed by atoms with E-state index in [2.05, 4.69) is 14.9 Å². The number of ether oxygens (including phenoxy) is 1. The van der Waals surface area contributed by atoms with Gasteiger partial charge in [-0.1, -0.05) is 12.2 Å². The lowest BCUT2D eigenvalue weighted by atomic mass is 10.3. The SMILES string of the molecule is Cc1cc(C)nc(N2CCOC(C(N)=S)C2)n1. The second kappa shape index (κ2) is 4.93. The van der Waals surface area contributed by atoms with Gasteiger partial charge in [0.05, 0.1) is 13.2 Å². The number of nitrogens with two attached hydrogens (primary N) is 1. The molecule has 2 heterocycles. The van der Waals surface area contributed by atoms with Crippen LogP contribution in [0.25, 0.3) is 0 Å². The number of hydrogen-bond acceptors (Lipinski definition) is 5. The van der Waals surface area contributed by atoms with Crippen LogP contribution in [-0.2, 0) is 4.74 Å². The third kappa shape index (κ3) is 2.89. The maximum Gasteiger partial charge on any atom is 0.225 e. The molecule has 1 atom stereocenters. The Hall–Kier alpha value is -1.27. The number of thiocarbonyl (C=S) groups is 1. The summed E-state index contributed by atoms with van der Waals surface area (Å²) in [6.45, 7) is 5.91. The van der Waals surface area contributed by atoms with Crippen LogP contribution >= 0.6 is 12.2 Å². The minimum Gasteiger partial charge on any atom is -0.391 e. The molecule has 92 valence electrons. The molecule has 1 fully saturated rings. The lowest BCUT2D eigenvalue weighted by molar-refractivity contribution is 0.0840. The van der Waals surface area contributed by atoms with Crippen molar-refractivity contribution in [1.29, 1.82) is 0 Å². The summed E-state index contributed by atoms with van der Waals surface area (Å²) in [5, 5.41) is 0. The van der Waals surface area contributed by atoms with Gasteiger partial charge < -0.3 is 15.4 Å². The van der Waals surface area contributed by atoms with Gasteiger partial charge in [0.1, 0.15) is 11.1 Å². The first kappa shape index (κ1) is 12.2. The maximum atomic E-state index is 5.61. The summed E-state index contributed by atoms with van der Waals surface area (Å²) in [5.74, 6) is 0.729. The number of rotatable bonds is 2. The van der Waals surface area contributed by atoms with Gasteiger partial charge >= 0.3 is 0 Å². The Morgan fingerprint density at radius 2 is 2.12 bits per heavy atom. The molecular weight excluding hydrogens is 236 g/mol. The van der Waals surface area contributed by atoms with Crippen molar-refractivity contribution in [3.05, 3.63) is 17.5 Å². The summed E-state index contributed by atoms with van der Waals surface area (Å²) in [6, 6.07) is 1.95. The van der Waals surface area contributed by atoms with Crippen molar-refractivity contribution < 1.29 is 4.74 Å². The molecule has 1 aromatic heterocycles. The van der Waals surface area contributed by atoms with E-state index in [9.17, 15) is 0 Å². The Morgan fingerprint density at radius 3 is 2.71 bits per heavy atom. The molecule has 1 aliphatic heterocycles. The second-order valence-corrected chi connectivity index (χ2v) is 4.63. The predicted octanol–water partition coefficient (Wildman–Crippen LogP) is 0.585. The first-order valence-electron chi connectivity index (χ1n) is 5.54. The van der Waals surface area contributed by atoms with Crippen molar-refractivity contribution in [2.75, 3.05) is 24.6 Å². The summed E-state index contributed by atoms with van der Waals surface area (Å²) in [7, 11) is 0. The number of morpholine rings is 1. The standard InChI is InChI=1S/C11H16N4OS/c1-7-5-8(2)14-11(13-7)15-3-4-16-9(6-15)10(12)17/h5,9H,3-4,6H2,1-2H3,(H2,12,17). The minimum atomic E-state index is -0.205. The molecule has 0 aliphatic carbocycles. The van der Waals surface area contributed by atoms with Gasteiger partial charge in [0.2, 0.25) is 5.95 Å². The number of aromatic nitrogens is 2. The van der Waals surface area contributed by atoms with Crippen LogP contribution in [0.1, 0.15) is 11.4 Å². The van der Waals surface area contributed by atoms with Crippen LogP contribution in [0.5, 0.6) is 0 Å². The van der Waals surface area contributed by atoms with Gasteiger partial charge in [0.25, 0.3) is 0 Å². The van der Waals surface area contributed by atoms with Crippen molar-refractivity contribution in [2.45, 2.75) is 20.0 Å². The van der Waals surface area contributed by atoms with Gasteiger partial charge in [-0.05, 0) is 19.9 Å². The molecule has 0 spiro atoms. The van der Waals surface area contributed by atoms with E-state index in [4.69, 9.17) is 22.7 Å². The second-order valence-electron chi connectivity index (χ2n) is 4.16. The molecule has 1 aliphatic rings. The number of nitrogens with zero attached hydrogens (tertiary/aromatic N) is 3. The van der Waals surface area contributed by atoms with Crippen molar-refractivity contribution in [3.8, 4) is 0 Å². The smallest absolute Gasteiger partial charge is 0.225 e. The number of aryl methyl sites for hydroxylation is 2. The molecule has 17 heavy (non-hydrogen) atoms. The Bertz CT molecular complexity index is 417. The van der Waals surface area contributed by atoms with Crippen molar-refractivity contribution in [2.24, 2.45) is 5.73 Å². The Morgan fingerprint density at radius 1 is 1.47 bits per heavy atom. The highest BCUT2D eigenvalue weighted by molar-refractivity contribution is 7.80. The summed E-state index contributed by atoms with van der Waals surface area (Å²) < 4.78 is 5.49. The fraction of sp³-hybridized carbons (Fsp3) is 0.545. The average Bonchev–Trinajstić information content (AvgIpc) is 2.28. The molecule has 1 unspecified atom stereocenters. The van der Waals surface area contributed by atoms with E-state index in [-0.39, 0.29) is 6.10 Å². The highest BCUT2D eigenvalue weighted by atomic mass is 32.1. The van der Waals surface area contributed by atoms with E-state index in [1.165, 1.54) is 0 Å². The molecule has 0 aromatic carbocycles. The van der Waals surface area contributed by atoms with Crippen molar-refractivity contribution >= 4 is 23.2 Å². The topological polar surface area (TPSA) is 64.3 Å². The molecular formula is C11H16N4OS. The largest absolute Gasteiger partial charge is 0.391 e. The van der Waals surface area contributed by atoms with Crippen molar-refractivity contribution in [3.63, 3.8) is 0 Å². The molecule has 0 bridgehead atoms. The van der Waals surface area contributed by atoms with Gasteiger partial charge in [-0.2, -0.15) is 0 Å². The third-order valence-electron chi connectivity index (χ3n) is 2.64. The van der Waals surface area contributed by atoms with E-state index < -0.39 is 0 Å². The van der Waals surface area contributed by atoms with E-state index in [0.717, 1.165) is 23.9 Å². The van der Waals surface area contributed by atoms with Crippen LogP contribution in [0.4, 0.5) is 5.95 Å². The molecule has 0 saturated carbocycles. The zero-order valence-electron chi connectivity index (χ0n) is 10.0. The van der Waals surface area contributed by atoms with Crippen LogP contribution in [0.15, 0.2) is 6.07 Å². The Kier molecular flexibility index (Phi) is 3.54. The maximum absolute atomic E-state index is 5.61. The molecule has 6 heteroatoms. The fourth-order valence-electron chi connectivity index (χ4n) is 1.85. The summed E-state index contributed by atoms with van der Waals surface area (Å²) in [6.07, 6.45) is -0.205. The average molecular weight is 252 g/mol. The zero-order valence-corrected chi connectivity index (χ0v) is 10.8. The number of anilines is 1. The van der Waals surface area contributed by atoms with Crippen LogP contribution in [-0.4, -0.2) is 40.8 Å². The third-order valence-corrected chi connectivity index (χ3v) is 2.90. The molecule has 2 N–H and O–H groups in total. The van der Waals surface area contributed by atoms with Gasteiger partial charge in [0, 0.05) is 17.9 Å². The number of hydrogen-bond donors (Lipinski definition) is 1. The molecule has 2 rings (SSSR count). The molecule has 1 saturated heterocycles. The van der Waals surface area contributed by atoms with Crippen LogP contribution in [0, 0.1) is 13.8 Å². The first-order chi connectivity index (χ1) is 8.06. The van der Waals surface area contributed by atoms with Gasteiger partial charge in [-0.15, -0.1) is 0 Å². The van der Waals surface area contributed by atoms with Crippen LogP contribution < -0.4 is 10.6 Å². The first-order valence-corrected chi connectivity index (χ1v) is 5.95. The Balaban J connectivity index is 2.18. The lowest BCUT2D eigenvalue weighted by Crippen LogP contribution is -2.48. The van der Waals surface area contributed by atoms with Crippen LogP contribution in [0.2, 0.25) is 0 Å². The summed E-state index contributed by atoms with van der Waals surface area (Å²) >= 11 is 4.96. The van der Waals surface area contributed by atoms with Gasteiger partial charge in [-0.25, -0.2) is 9.97 Å². The van der Waals surface area contributed by atoms with Gasteiger partial charge in [0.15, 0.2) is 0 Å². The molecule has 1 aromatic rings. The molecule has 0 radical (unpaired) electrons. The lowest BCUT2D eigenvalue weighted by Gasteiger charge is -2.32.